The van der Waals surface area contributed by atoms with Crippen molar-refractivity contribution in [3.05, 3.63) is 108 Å². The number of rotatable bonds is 5. The number of hydrogen-bond acceptors (Lipinski definition) is 4. The zero-order chi connectivity index (χ0) is 22.9. The molecule has 3 aromatic carbocycles. The van der Waals surface area contributed by atoms with Crippen molar-refractivity contribution in [3.8, 4) is 0 Å². The van der Waals surface area contributed by atoms with Gasteiger partial charge in [-0.25, -0.2) is 4.39 Å². The Labute approximate surface area is 188 Å². The highest BCUT2D eigenvalue weighted by molar-refractivity contribution is 6.25. The van der Waals surface area contributed by atoms with Crippen LogP contribution in [0, 0.1) is 5.82 Å². The molecule has 3 amide bonds. The average Bonchev–Trinajstić information content (AvgIpc) is 2.85. The van der Waals surface area contributed by atoms with E-state index >= 15 is 0 Å². The number of imide groups is 1. The van der Waals surface area contributed by atoms with Crippen molar-refractivity contribution >= 4 is 34.2 Å². The first-order valence-corrected chi connectivity index (χ1v) is 10.4. The summed E-state index contributed by atoms with van der Waals surface area (Å²) in [4.78, 5) is 46.1. The lowest BCUT2D eigenvalue weighted by Gasteiger charge is -2.30. The van der Waals surface area contributed by atoms with Crippen molar-refractivity contribution < 1.29 is 18.8 Å². The second-order valence-electron chi connectivity index (χ2n) is 7.65. The number of hydrogen-bond donors (Lipinski definition) is 0. The number of carbonyl (C=O) groups excluding carboxylic acids is 3. The van der Waals surface area contributed by atoms with Crippen molar-refractivity contribution in [2.24, 2.45) is 0 Å². The van der Waals surface area contributed by atoms with Gasteiger partial charge in [0.1, 0.15) is 5.82 Å². The van der Waals surface area contributed by atoms with Crippen LogP contribution in [0.5, 0.6) is 0 Å². The Morgan fingerprint density at radius 1 is 0.909 bits per heavy atom. The van der Waals surface area contributed by atoms with Gasteiger partial charge in [-0.3, -0.25) is 24.3 Å². The van der Waals surface area contributed by atoms with E-state index in [-0.39, 0.29) is 13.1 Å². The normalized spacial score (nSPS) is 12.8. The zero-order valence-corrected chi connectivity index (χ0v) is 17.4. The van der Waals surface area contributed by atoms with Gasteiger partial charge in [-0.2, -0.15) is 0 Å². The summed E-state index contributed by atoms with van der Waals surface area (Å²) in [5.74, 6) is -1.75. The van der Waals surface area contributed by atoms with Crippen LogP contribution in [0.4, 0.5) is 10.1 Å². The maximum atomic E-state index is 13.9. The summed E-state index contributed by atoms with van der Waals surface area (Å²) < 4.78 is 13.9. The molecule has 0 unspecified atom stereocenters. The van der Waals surface area contributed by atoms with Crippen LogP contribution in [0.3, 0.4) is 0 Å². The smallest absolute Gasteiger partial charge is 0.261 e. The van der Waals surface area contributed by atoms with Gasteiger partial charge in [0, 0.05) is 47.7 Å². The zero-order valence-electron chi connectivity index (χ0n) is 17.4. The van der Waals surface area contributed by atoms with E-state index in [2.05, 4.69) is 4.98 Å². The van der Waals surface area contributed by atoms with Gasteiger partial charge in [0.25, 0.3) is 17.7 Å². The summed E-state index contributed by atoms with van der Waals surface area (Å²) in [6.07, 6.45) is 2.97. The summed E-state index contributed by atoms with van der Waals surface area (Å²) in [5.41, 5.74) is 1.52. The van der Waals surface area contributed by atoms with Gasteiger partial charge in [-0.15, -0.1) is 0 Å². The summed E-state index contributed by atoms with van der Waals surface area (Å²) in [5, 5.41) is 1.46. The topological polar surface area (TPSA) is 70.6 Å². The number of anilines is 1. The molecule has 0 radical (unpaired) electrons. The fourth-order valence-electron chi connectivity index (χ4n) is 4.12. The molecule has 7 heteroatoms. The molecule has 2 heterocycles. The molecule has 6 nitrogen and oxygen atoms in total. The van der Waals surface area contributed by atoms with Crippen molar-refractivity contribution in [2.75, 3.05) is 18.0 Å². The Bertz CT molecular complexity index is 1350. The van der Waals surface area contributed by atoms with Crippen molar-refractivity contribution in [2.45, 2.75) is 0 Å². The van der Waals surface area contributed by atoms with Gasteiger partial charge < -0.3 is 4.90 Å². The molecule has 5 rings (SSSR count). The van der Waals surface area contributed by atoms with Crippen LogP contribution in [-0.4, -0.2) is 40.7 Å². The third-order valence-corrected chi connectivity index (χ3v) is 5.68. The number of halogens is 1. The predicted octanol–water partition coefficient (Wildman–Crippen LogP) is 4.32. The van der Waals surface area contributed by atoms with E-state index < -0.39 is 23.5 Å². The van der Waals surface area contributed by atoms with Crippen LogP contribution in [0.25, 0.3) is 10.8 Å². The van der Waals surface area contributed by atoms with E-state index in [1.807, 2.05) is 12.1 Å². The molecule has 162 valence electrons. The van der Waals surface area contributed by atoms with Gasteiger partial charge in [0.2, 0.25) is 0 Å². The molecule has 0 saturated heterocycles. The third kappa shape index (κ3) is 3.63. The number of carbonyl (C=O) groups is 3. The molecule has 0 saturated carbocycles. The number of benzene rings is 3. The van der Waals surface area contributed by atoms with Gasteiger partial charge >= 0.3 is 0 Å². The molecule has 1 aromatic heterocycles. The van der Waals surface area contributed by atoms with E-state index in [9.17, 15) is 18.8 Å². The number of aromatic nitrogens is 1. The molecule has 0 spiro atoms. The van der Waals surface area contributed by atoms with Gasteiger partial charge in [0.15, 0.2) is 0 Å². The molecule has 0 aliphatic carbocycles. The molecule has 0 fully saturated rings. The monoisotopic (exact) mass is 439 g/mol. The SMILES string of the molecule is O=C1c2cccc3cccc(c23)C(=O)N1CCN(C(=O)c1cccnc1)c1cccc(F)c1. The largest absolute Gasteiger partial charge is 0.306 e. The lowest BCUT2D eigenvalue weighted by molar-refractivity contribution is 0.0611. The first kappa shape index (κ1) is 20.5. The number of nitrogens with zero attached hydrogens (tertiary/aromatic N) is 3. The molecule has 1 aliphatic rings. The second kappa shape index (κ2) is 8.27. The molecular formula is C26H18FN3O3. The molecule has 0 bridgehead atoms. The summed E-state index contributed by atoms with van der Waals surface area (Å²) in [6, 6.07) is 19.5. The van der Waals surface area contributed by atoms with Crippen molar-refractivity contribution in [3.63, 3.8) is 0 Å². The Morgan fingerprint density at radius 3 is 2.24 bits per heavy atom. The molecule has 0 atom stereocenters. The fraction of sp³-hybridized carbons (Fsp3) is 0.0769. The fourth-order valence-corrected chi connectivity index (χ4v) is 4.12. The lowest BCUT2D eigenvalue weighted by atomic mass is 9.94. The van der Waals surface area contributed by atoms with Crippen LogP contribution >= 0.6 is 0 Å². The maximum absolute atomic E-state index is 13.9. The quantitative estimate of drug-likeness (QED) is 0.435. The molecule has 1 aliphatic heterocycles. The first-order chi connectivity index (χ1) is 16.0. The molecule has 33 heavy (non-hydrogen) atoms. The predicted molar refractivity (Wildman–Crippen MR) is 122 cm³/mol. The van der Waals surface area contributed by atoms with E-state index in [4.69, 9.17) is 0 Å². The summed E-state index contributed by atoms with van der Waals surface area (Å²) in [6.45, 7) is -0.0578. The minimum Gasteiger partial charge on any atom is -0.306 e. The van der Waals surface area contributed by atoms with E-state index in [1.54, 1.807) is 48.7 Å². The van der Waals surface area contributed by atoms with Gasteiger partial charge in [-0.1, -0.05) is 30.3 Å². The Balaban J connectivity index is 1.48. The maximum Gasteiger partial charge on any atom is 0.261 e. The van der Waals surface area contributed by atoms with Crippen LogP contribution in [0.15, 0.2) is 85.2 Å². The number of pyridine rings is 1. The van der Waals surface area contributed by atoms with Crippen molar-refractivity contribution in [1.29, 1.82) is 0 Å². The van der Waals surface area contributed by atoms with E-state index in [0.717, 1.165) is 10.3 Å². The standard InChI is InChI=1S/C26H18FN3O3/c27-19-8-3-9-20(15-19)29(24(31)18-7-4-12-28-16-18)13-14-30-25(32)21-10-1-5-17-6-2-11-22(23(17)21)26(30)33/h1-12,15-16H,13-14H2. The Hall–Kier alpha value is -4.39. The van der Waals surface area contributed by atoms with E-state index in [0.29, 0.717) is 27.8 Å². The highest BCUT2D eigenvalue weighted by Gasteiger charge is 2.33. The van der Waals surface area contributed by atoms with Gasteiger partial charge in [-0.05, 0) is 47.9 Å². The van der Waals surface area contributed by atoms with E-state index in [1.165, 1.54) is 29.3 Å². The highest BCUT2D eigenvalue weighted by atomic mass is 19.1. The lowest BCUT2D eigenvalue weighted by Crippen LogP contribution is -2.46. The minimum absolute atomic E-state index is 0.00714. The summed E-state index contributed by atoms with van der Waals surface area (Å²) in [7, 11) is 0. The average molecular weight is 439 g/mol. The Morgan fingerprint density at radius 2 is 1.61 bits per heavy atom. The molecule has 0 N–H and O–H groups in total. The summed E-state index contributed by atoms with van der Waals surface area (Å²) >= 11 is 0. The van der Waals surface area contributed by atoms with Crippen LogP contribution in [-0.2, 0) is 0 Å². The van der Waals surface area contributed by atoms with Crippen LogP contribution < -0.4 is 4.90 Å². The number of amides is 3. The Kier molecular flexibility index (Phi) is 5.14. The first-order valence-electron chi connectivity index (χ1n) is 10.4. The highest BCUT2D eigenvalue weighted by Crippen LogP contribution is 2.30. The molecular weight excluding hydrogens is 421 g/mol. The third-order valence-electron chi connectivity index (χ3n) is 5.68. The minimum atomic E-state index is -0.498. The second-order valence-corrected chi connectivity index (χ2v) is 7.65. The molecule has 4 aromatic rings. The van der Waals surface area contributed by atoms with Gasteiger partial charge in [0.05, 0.1) is 5.56 Å². The van der Waals surface area contributed by atoms with Crippen molar-refractivity contribution in [1.82, 2.24) is 9.88 Å². The van der Waals surface area contributed by atoms with Crippen LogP contribution in [0.1, 0.15) is 31.1 Å². The van der Waals surface area contributed by atoms with Crippen LogP contribution in [0.2, 0.25) is 0 Å².